The van der Waals surface area contributed by atoms with Gasteiger partial charge in [0.05, 0.1) is 14.2 Å². The molecule has 0 N–H and O–H groups in total. The molecule has 110 valence electrons. The molecular weight excluding hydrogens is 268 g/mol. The number of rotatable bonds is 5. The first kappa shape index (κ1) is 14.9. The van der Waals surface area contributed by atoms with E-state index in [4.69, 9.17) is 14.2 Å². The molecule has 0 fully saturated rings. The molecule has 0 radical (unpaired) electrons. The topological polar surface area (TPSA) is 44.8 Å². The van der Waals surface area contributed by atoms with Crippen molar-refractivity contribution >= 4 is 5.97 Å². The van der Waals surface area contributed by atoms with Crippen LogP contribution in [0.1, 0.15) is 13.3 Å². The summed E-state index contributed by atoms with van der Waals surface area (Å²) in [7, 11) is 3.14. The second-order valence-corrected chi connectivity index (χ2v) is 4.40. The van der Waals surface area contributed by atoms with E-state index >= 15 is 0 Å². The van der Waals surface area contributed by atoms with Gasteiger partial charge in [-0.2, -0.15) is 0 Å². The van der Waals surface area contributed by atoms with E-state index < -0.39 is 0 Å². The Bertz CT molecular complexity index is 620. The van der Waals surface area contributed by atoms with Crippen LogP contribution in [0, 0.1) is 0 Å². The molecule has 0 bridgehead atoms. The van der Waals surface area contributed by atoms with Gasteiger partial charge < -0.3 is 14.2 Å². The van der Waals surface area contributed by atoms with Crippen molar-refractivity contribution in [2.24, 2.45) is 0 Å². The van der Waals surface area contributed by atoms with E-state index in [0.29, 0.717) is 23.7 Å². The number of esters is 1. The van der Waals surface area contributed by atoms with Gasteiger partial charge in [0.25, 0.3) is 0 Å². The summed E-state index contributed by atoms with van der Waals surface area (Å²) in [5.41, 5.74) is 1.78. The Morgan fingerprint density at radius 2 is 1.76 bits per heavy atom. The Labute approximate surface area is 124 Å². The summed E-state index contributed by atoms with van der Waals surface area (Å²) in [6.07, 6.45) is 0.314. The van der Waals surface area contributed by atoms with Crippen LogP contribution in [0.25, 0.3) is 11.1 Å². The van der Waals surface area contributed by atoms with E-state index in [-0.39, 0.29) is 5.97 Å². The quantitative estimate of drug-likeness (QED) is 0.621. The molecule has 21 heavy (non-hydrogen) atoms. The standard InChI is InChI=1S/C17H18O4/c1-4-16(18)21-13-10-14(12-8-6-5-7-9-12)17(20-3)15(11-13)19-2/h5-11H,4H2,1-3H3. The predicted octanol–water partition coefficient (Wildman–Crippen LogP) is 3.69. The zero-order valence-electron chi connectivity index (χ0n) is 12.4. The second-order valence-electron chi connectivity index (χ2n) is 4.40. The van der Waals surface area contributed by atoms with Gasteiger partial charge in [0.15, 0.2) is 11.5 Å². The molecule has 2 aromatic rings. The summed E-state index contributed by atoms with van der Waals surface area (Å²) in [5.74, 6) is 1.29. The fourth-order valence-electron chi connectivity index (χ4n) is 2.03. The Hall–Kier alpha value is -2.49. The van der Waals surface area contributed by atoms with Gasteiger partial charge >= 0.3 is 5.97 Å². The van der Waals surface area contributed by atoms with Gasteiger partial charge in [-0.1, -0.05) is 37.3 Å². The molecule has 0 heterocycles. The van der Waals surface area contributed by atoms with Gasteiger partial charge in [-0.05, 0) is 11.6 Å². The predicted molar refractivity (Wildman–Crippen MR) is 80.9 cm³/mol. The number of hydrogen-bond acceptors (Lipinski definition) is 4. The van der Waals surface area contributed by atoms with Crippen molar-refractivity contribution in [1.82, 2.24) is 0 Å². The van der Waals surface area contributed by atoms with Crippen molar-refractivity contribution in [3.05, 3.63) is 42.5 Å². The number of carbonyl (C=O) groups excluding carboxylic acids is 1. The van der Waals surface area contributed by atoms with Gasteiger partial charge in [-0.3, -0.25) is 4.79 Å². The minimum absolute atomic E-state index is 0.291. The van der Waals surface area contributed by atoms with Gasteiger partial charge in [0, 0.05) is 18.1 Å². The van der Waals surface area contributed by atoms with E-state index in [1.54, 1.807) is 33.3 Å². The van der Waals surface area contributed by atoms with E-state index in [0.717, 1.165) is 11.1 Å². The largest absolute Gasteiger partial charge is 0.493 e. The SMILES string of the molecule is CCC(=O)Oc1cc(OC)c(OC)c(-c2ccccc2)c1. The highest BCUT2D eigenvalue weighted by Gasteiger charge is 2.15. The number of ether oxygens (including phenoxy) is 3. The fourth-order valence-corrected chi connectivity index (χ4v) is 2.03. The lowest BCUT2D eigenvalue weighted by Gasteiger charge is -2.15. The number of methoxy groups -OCH3 is 2. The maximum absolute atomic E-state index is 11.5. The lowest BCUT2D eigenvalue weighted by atomic mass is 10.0. The van der Waals surface area contributed by atoms with E-state index in [1.165, 1.54) is 0 Å². The van der Waals surface area contributed by atoms with Crippen molar-refractivity contribution in [3.8, 4) is 28.4 Å². The molecule has 0 spiro atoms. The summed E-state index contributed by atoms with van der Waals surface area (Å²) in [6.45, 7) is 1.75. The molecule has 0 saturated carbocycles. The first-order chi connectivity index (χ1) is 10.2. The molecule has 0 aliphatic carbocycles. The summed E-state index contributed by atoms with van der Waals surface area (Å²) < 4.78 is 16.1. The van der Waals surface area contributed by atoms with Crippen molar-refractivity contribution in [1.29, 1.82) is 0 Å². The van der Waals surface area contributed by atoms with E-state index in [1.807, 2.05) is 30.3 Å². The lowest BCUT2D eigenvalue weighted by molar-refractivity contribution is -0.134. The highest BCUT2D eigenvalue weighted by Crippen LogP contribution is 2.41. The molecule has 2 aromatic carbocycles. The molecule has 0 aliphatic rings. The summed E-state index contributed by atoms with van der Waals surface area (Å²) in [4.78, 5) is 11.5. The minimum atomic E-state index is -0.291. The highest BCUT2D eigenvalue weighted by atomic mass is 16.5. The average Bonchev–Trinajstić information content (AvgIpc) is 2.54. The molecule has 0 atom stereocenters. The monoisotopic (exact) mass is 286 g/mol. The Morgan fingerprint density at radius 1 is 1.05 bits per heavy atom. The van der Waals surface area contributed by atoms with Crippen LogP contribution in [-0.2, 0) is 4.79 Å². The van der Waals surface area contributed by atoms with Crippen molar-refractivity contribution < 1.29 is 19.0 Å². The molecule has 2 rings (SSSR count). The third kappa shape index (κ3) is 3.34. The smallest absolute Gasteiger partial charge is 0.310 e. The molecule has 0 amide bonds. The Kier molecular flexibility index (Phi) is 4.82. The third-order valence-electron chi connectivity index (χ3n) is 3.06. The van der Waals surface area contributed by atoms with Crippen LogP contribution in [0.3, 0.4) is 0 Å². The number of carbonyl (C=O) groups is 1. The molecule has 0 aliphatic heterocycles. The minimum Gasteiger partial charge on any atom is -0.493 e. The lowest BCUT2D eigenvalue weighted by Crippen LogP contribution is -2.06. The normalized spacial score (nSPS) is 10.0. The van der Waals surface area contributed by atoms with Crippen molar-refractivity contribution in [3.63, 3.8) is 0 Å². The van der Waals surface area contributed by atoms with Crippen LogP contribution >= 0.6 is 0 Å². The third-order valence-corrected chi connectivity index (χ3v) is 3.06. The molecule has 0 saturated heterocycles. The molecule has 0 aromatic heterocycles. The van der Waals surface area contributed by atoms with Crippen LogP contribution < -0.4 is 14.2 Å². The highest BCUT2D eigenvalue weighted by molar-refractivity contribution is 5.78. The molecule has 0 unspecified atom stereocenters. The van der Waals surface area contributed by atoms with Gasteiger partial charge in [-0.15, -0.1) is 0 Å². The van der Waals surface area contributed by atoms with E-state index in [2.05, 4.69) is 0 Å². The zero-order chi connectivity index (χ0) is 15.2. The average molecular weight is 286 g/mol. The number of benzene rings is 2. The molecule has 4 nitrogen and oxygen atoms in total. The van der Waals surface area contributed by atoms with E-state index in [9.17, 15) is 4.79 Å². The summed E-state index contributed by atoms with van der Waals surface area (Å²) in [5, 5.41) is 0. The Balaban J connectivity index is 2.55. The van der Waals surface area contributed by atoms with Crippen LogP contribution in [0.2, 0.25) is 0 Å². The fraction of sp³-hybridized carbons (Fsp3) is 0.235. The first-order valence-corrected chi connectivity index (χ1v) is 6.71. The Morgan fingerprint density at radius 3 is 2.33 bits per heavy atom. The molecular formula is C17H18O4. The maximum atomic E-state index is 11.5. The number of hydrogen-bond donors (Lipinski definition) is 0. The maximum Gasteiger partial charge on any atom is 0.310 e. The summed E-state index contributed by atoms with van der Waals surface area (Å²) in [6, 6.07) is 13.2. The molecule has 4 heteroatoms. The zero-order valence-corrected chi connectivity index (χ0v) is 12.4. The van der Waals surface area contributed by atoms with Gasteiger partial charge in [0.1, 0.15) is 5.75 Å². The van der Waals surface area contributed by atoms with Crippen molar-refractivity contribution in [2.75, 3.05) is 14.2 Å². The van der Waals surface area contributed by atoms with Crippen LogP contribution in [-0.4, -0.2) is 20.2 Å². The summed E-state index contributed by atoms with van der Waals surface area (Å²) >= 11 is 0. The first-order valence-electron chi connectivity index (χ1n) is 6.71. The van der Waals surface area contributed by atoms with Crippen molar-refractivity contribution in [2.45, 2.75) is 13.3 Å². The van der Waals surface area contributed by atoms with Crippen LogP contribution in [0.4, 0.5) is 0 Å². The van der Waals surface area contributed by atoms with Gasteiger partial charge in [-0.25, -0.2) is 0 Å². The van der Waals surface area contributed by atoms with Gasteiger partial charge in [0.2, 0.25) is 0 Å². The van der Waals surface area contributed by atoms with Crippen LogP contribution in [0.5, 0.6) is 17.2 Å². The second kappa shape index (κ2) is 6.79. The van der Waals surface area contributed by atoms with Crippen LogP contribution in [0.15, 0.2) is 42.5 Å².